The lowest BCUT2D eigenvalue weighted by atomic mass is 9.87. The van der Waals surface area contributed by atoms with Crippen LogP contribution in [0.3, 0.4) is 0 Å². The van der Waals surface area contributed by atoms with Crippen molar-refractivity contribution in [1.29, 1.82) is 0 Å². The molecule has 3 rings (SSSR count). The number of thioether (sulfide) groups is 1. The molecule has 1 aliphatic heterocycles. The van der Waals surface area contributed by atoms with E-state index < -0.39 is 108 Å². The number of nitrogens with two attached hydrogens (primary N) is 1. The minimum atomic E-state index is -5.60. The number of imidazole rings is 1. The number of hydrogen-bond acceptors (Lipinski definition) is 20. The lowest BCUT2D eigenvalue weighted by Crippen LogP contribution is -2.46. The Kier molecular flexibility index (Phi) is 16.4. The van der Waals surface area contributed by atoms with Crippen molar-refractivity contribution in [2.45, 2.75) is 69.9 Å². The zero-order chi connectivity index (χ0) is 43.1. The molecule has 8 atom stereocenters. The highest BCUT2D eigenvalue weighted by atomic mass is 32.2. The maximum absolute atomic E-state index is 12.7. The zero-order valence-electron chi connectivity index (χ0n) is 30.1. The summed E-state index contributed by atoms with van der Waals surface area (Å²) in [5, 5.41) is 44.0. The summed E-state index contributed by atoms with van der Waals surface area (Å²) < 4.78 is 61.9. The Morgan fingerprint density at radius 2 is 1.68 bits per heavy atom. The van der Waals surface area contributed by atoms with Crippen LogP contribution >= 0.6 is 35.2 Å². The van der Waals surface area contributed by atoms with Gasteiger partial charge in [0.25, 0.3) is 0 Å². The number of aromatic nitrogens is 4. The number of aliphatic hydroxyl groups excluding tert-OH is 2. The van der Waals surface area contributed by atoms with Gasteiger partial charge in [-0.25, -0.2) is 33.4 Å². The summed E-state index contributed by atoms with van der Waals surface area (Å²) in [7, 11) is -16.5. The van der Waals surface area contributed by atoms with Crippen LogP contribution in [0.4, 0.5) is 5.82 Å². The van der Waals surface area contributed by atoms with E-state index in [1.165, 1.54) is 13.8 Å². The first kappa shape index (κ1) is 48.4. The van der Waals surface area contributed by atoms with E-state index in [9.17, 15) is 67.8 Å². The van der Waals surface area contributed by atoms with Crippen molar-refractivity contribution in [3.05, 3.63) is 12.7 Å². The molecule has 2 aromatic rings. The highest BCUT2D eigenvalue weighted by molar-refractivity contribution is 8.13. The van der Waals surface area contributed by atoms with Crippen molar-refractivity contribution in [1.82, 2.24) is 30.2 Å². The van der Waals surface area contributed by atoms with E-state index in [-0.39, 0.29) is 42.2 Å². The molecule has 31 heteroatoms. The van der Waals surface area contributed by atoms with Crippen LogP contribution in [0.1, 0.15) is 39.8 Å². The van der Waals surface area contributed by atoms with E-state index in [0.29, 0.717) is 11.8 Å². The number of phosphoric ester groups is 3. The highest BCUT2D eigenvalue weighted by Crippen LogP contribution is 2.61. The van der Waals surface area contributed by atoms with Gasteiger partial charge in [0.05, 0.1) is 26.0 Å². The molecule has 1 aliphatic rings. The molecule has 2 unspecified atom stereocenters. The number of hydrogen-bond donors (Lipinski definition) is 11. The molecule has 322 valence electrons. The van der Waals surface area contributed by atoms with Gasteiger partial charge in [0.2, 0.25) is 11.8 Å². The minimum Gasteiger partial charge on any atom is -0.479 e. The number of nitrogens with one attached hydrogen (secondary N) is 2. The summed E-state index contributed by atoms with van der Waals surface area (Å²) in [4.78, 5) is 98.1. The van der Waals surface area contributed by atoms with Crippen LogP contribution in [0.15, 0.2) is 12.7 Å². The molecule has 0 radical (unpaired) electrons. The second kappa shape index (κ2) is 19.4. The average Bonchev–Trinajstić information content (AvgIpc) is 3.64. The monoisotopic (exact) mass is 897 g/mol. The first-order valence-electron chi connectivity index (χ1n) is 16.1. The Balaban J connectivity index is 1.48. The van der Waals surface area contributed by atoms with Crippen molar-refractivity contribution in [2.75, 3.05) is 37.8 Å². The molecular weight excluding hydrogens is 855 g/mol. The molecule has 1 saturated heterocycles. The summed E-state index contributed by atoms with van der Waals surface area (Å²) in [6.45, 7) is 0.988. The zero-order valence-corrected chi connectivity index (χ0v) is 33.6. The van der Waals surface area contributed by atoms with Gasteiger partial charge in [-0.1, -0.05) is 25.6 Å². The number of carboxylic acid groups (broad SMARTS) is 1. The van der Waals surface area contributed by atoms with E-state index in [2.05, 4.69) is 34.4 Å². The number of carboxylic acids is 1. The Hall–Kier alpha value is -3.01. The fourth-order valence-corrected chi connectivity index (χ4v) is 8.35. The van der Waals surface area contributed by atoms with Gasteiger partial charge in [-0.05, 0) is 6.92 Å². The molecule has 3 heterocycles. The number of fused-ring (bicyclic) bond motifs is 1. The number of phosphoric acid groups is 3. The Morgan fingerprint density at radius 1 is 1.04 bits per heavy atom. The summed E-state index contributed by atoms with van der Waals surface area (Å²) in [5.41, 5.74) is 1.93. The molecule has 0 aromatic carbocycles. The molecule has 0 bridgehead atoms. The van der Waals surface area contributed by atoms with Crippen LogP contribution in [-0.2, 0) is 55.5 Å². The highest BCUT2D eigenvalue weighted by Gasteiger charge is 2.50. The van der Waals surface area contributed by atoms with Gasteiger partial charge in [-0.2, -0.15) is 4.31 Å². The molecule has 12 N–H and O–H groups in total. The van der Waals surface area contributed by atoms with E-state index in [0.717, 1.165) is 24.1 Å². The first-order valence-corrected chi connectivity index (χ1v) is 21.7. The van der Waals surface area contributed by atoms with E-state index in [1.54, 1.807) is 0 Å². The Morgan fingerprint density at radius 3 is 2.32 bits per heavy atom. The number of nitrogens with zero attached hydrogens (tertiary/aromatic N) is 4. The van der Waals surface area contributed by atoms with Gasteiger partial charge >= 0.3 is 29.4 Å². The number of anilines is 1. The lowest BCUT2D eigenvalue weighted by molar-refractivity contribution is -0.158. The lowest BCUT2D eigenvalue weighted by Gasteiger charge is -2.30. The Bertz CT molecular complexity index is 1930. The molecule has 0 spiro atoms. The van der Waals surface area contributed by atoms with Gasteiger partial charge in [0, 0.05) is 30.7 Å². The van der Waals surface area contributed by atoms with Crippen molar-refractivity contribution in [3.8, 4) is 0 Å². The smallest absolute Gasteiger partial charge is 0.479 e. The minimum absolute atomic E-state index is 0.0136. The summed E-state index contributed by atoms with van der Waals surface area (Å²) in [5.74, 6) is -3.18. The second-order valence-corrected chi connectivity index (χ2v) is 18.4. The predicted molar refractivity (Wildman–Crippen MR) is 190 cm³/mol. The van der Waals surface area contributed by atoms with E-state index >= 15 is 0 Å². The van der Waals surface area contributed by atoms with Crippen LogP contribution in [0.25, 0.3) is 11.2 Å². The number of carbonyl (C=O) groups is 4. The fourth-order valence-electron chi connectivity index (χ4n) is 4.70. The van der Waals surface area contributed by atoms with E-state index in [4.69, 9.17) is 24.6 Å². The van der Waals surface area contributed by atoms with Crippen molar-refractivity contribution in [2.24, 2.45) is 5.41 Å². The number of aliphatic carboxylic acids is 1. The van der Waals surface area contributed by atoms with Crippen LogP contribution in [0.2, 0.25) is 0 Å². The van der Waals surface area contributed by atoms with Crippen molar-refractivity contribution in [3.63, 3.8) is 0 Å². The third-order valence-corrected chi connectivity index (χ3v) is 11.7. The number of amides is 2. The molecule has 57 heavy (non-hydrogen) atoms. The number of rotatable bonds is 22. The fraction of sp³-hybridized carbons (Fsp3) is 0.654. The van der Waals surface area contributed by atoms with Gasteiger partial charge in [0.15, 0.2) is 28.4 Å². The van der Waals surface area contributed by atoms with Gasteiger partial charge in [-0.3, -0.25) is 32.5 Å². The predicted octanol–water partition coefficient (Wildman–Crippen LogP) is -2.11. The average molecular weight is 898 g/mol. The van der Waals surface area contributed by atoms with Crippen LogP contribution in [-0.4, -0.2) is 144 Å². The maximum atomic E-state index is 12.7. The van der Waals surface area contributed by atoms with Gasteiger partial charge in [-0.15, -0.1) is 0 Å². The second-order valence-electron chi connectivity index (χ2n) is 13.0. The van der Waals surface area contributed by atoms with Crippen molar-refractivity contribution >= 4 is 75.1 Å². The third-order valence-electron chi connectivity index (χ3n) is 7.71. The van der Waals surface area contributed by atoms with E-state index in [1.807, 2.05) is 0 Å². The van der Waals surface area contributed by atoms with Crippen LogP contribution < -0.4 is 16.4 Å². The number of aliphatic hydroxyl groups is 3. The number of ether oxygens (including phenoxy) is 1. The maximum Gasteiger partial charge on any atom is 0.481 e. The molecule has 1 fully saturated rings. The van der Waals surface area contributed by atoms with Crippen LogP contribution in [0.5, 0.6) is 0 Å². The molecular formula is C26H42N7O20P3S. The summed E-state index contributed by atoms with van der Waals surface area (Å²) >= 11 is 0.691. The largest absolute Gasteiger partial charge is 0.481 e. The molecule has 0 saturated carbocycles. The summed E-state index contributed by atoms with van der Waals surface area (Å²) in [6.07, 6.45) is -7.85. The molecule has 2 aromatic heterocycles. The van der Waals surface area contributed by atoms with Gasteiger partial charge in [0.1, 0.15) is 36.3 Å². The normalized spacial score (nSPS) is 22.6. The van der Waals surface area contributed by atoms with Crippen molar-refractivity contribution < 1.29 is 95.5 Å². The van der Waals surface area contributed by atoms with Gasteiger partial charge < -0.3 is 61.1 Å². The third kappa shape index (κ3) is 14.3. The van der Waals surface area contributed by atoms with Crippen LogP contribution in [0, 0.1) is 5.41 Å². The number of nitrogen functional groups attached to an aromatic ring is 1. The number of carbonyl (C=O) groups excluding carboxylic acids is 3. The topological polar surface area (TPSA) is 421 Å². The SMILES string of the molecule is CC(C)(COP(=O)(O)OP(=O)(O)OC[C@H]1O[C@@H](n2cnc3c(N)ncnc32)[C@H](O)[C@@H]1OP(=O)(O)O)[C@@H](O)C(=O)NCCC(=O)NCCSC(=O)C[C@](C)(O)C(=O)O. The Labute approximate surface area is 326 Å². The molecule has 2 amide bonds. The molecule has 27 nitrogen and oxygen atoms in total. The first-order chi connectivity index (χ1) is 26.1. The molecule has 0 aliphatic carbocycles. The standard InChI is InChI=1S/C26H42N7O20P3S/c1-25(2,19(37)22(38)29-5-4-14(34)28-6-7-57-15(35)8-26(3,41)24(39)40)10-50-56(47,48)53-55(45,46)49-9-13-18(52-54(42,43)44)17(36)23(51-13)33-12-32-16-20(27)30-11-31-21(16)33/h11-13,17-19,23,36-37,41H,4-10H2,1-3H3,(H,28,34)(H,29,38)(H,39,40)(H,45,46)(H,47,48)(H2,27,30,31)(H2,42,43,44)/t13-,17-,18-,19+,23-,26+/m1/s1. The summed E-state index contributed by atoms with van der Waals surface area (Å²) in [6, 6.07) is 0. The quantitative estimate of drug-likeness (QED) is 0.0445.